The molecule has 0 radical (unpaired) electrons. The molecular weight excluding hydrogens is 331 g/mol. The fourth-order valence-corrected chi connectivity index (χ4v) is 2.81. The van der Waals surface area contributed by atoms with Crippen molar-refractivity contribution in [3.05, 3.63) is 34.3 Å². The SMILES string of the molecule is CC(C)(C)OC(=O)N1CCC(c2cc(C(F)(F)F)ccc2Cl)C1. The smallest absolute Gasteiger partial charge is 0.416 e. The molecule has 0 aliphatic carbocycles. The Morgan fingerprint density at radius 2 is 1.96 bits per heavy atom. The summed E-state index contributed by atoms with van der Waals surface area (Å²) in [6, 6.07) is 3.30. The van der Waals surface area contributed by atoms with Crippen LogP contribution < -0.4 is 0 Å². The number of carbonyl (C=O) groups is 1. The van der Waals surface area contributed by atoms with Crippen LogP contribution in [-0.2, 0) is 10.9 Å². The molecule has 7 heteroatoms. The Morgan fingerprint density at radius 3 is 2.52 bits per heavy atom. The average Bonchev–Trinajstić information content (AvgIpc) is 2.85. The lowest BCUT2D eigenvalue weighted by Crippen LogP contribution is -2.35. The van der Waals surface area contributed by atoms with E-state index in [1.807, 2.05) is 0 Å². The first-order valence-corrected chi connectivity index (χ1v) is 7.70. The standard InChI is InChI=1S/C16H19ClF3NO2/c1-15(2,3)23-14(22)21-7-6-10(9-21)12-8-11(16(18,19)20)4-5-13(12)17/h4-5,8,10H,6-7,9H2,1-3H3. The van der Waals surface area contributed by atoms with Crippen LogP contribution in [0.2, 0.25) is 5.02 Å². The van der Waals surface area contributed by atoms with E-state index in [4.69, 9.17) is 16.3 Å². The molecule has 1 aromatic carbocycles. The predicted octanol–water partition coefficient (Wildman–Crippen LogP) is 5.08. The number of ether oxygens (including phenoxy) is 1. The molecule has 1 aromatic rings. The topological polar surface area (TPSA) is 29.5 Å². The molecule has 1 aliphatic heterocycles. The number of alkyl halides is 3. The van der Waals surface area contributed by atoms with Gasteiger partial charge in [0, 0.05) is 24.0 Å². The maximum absolute atomic E-state index is 12.8. The normalized spacial score (nSPS) is 19.1. The first-order chi connectivity index (χ1) is 10.5. The van der Waals surface area contributed by atoms with Crippen molar-refractivity contribution in [3.63, 3.8) is 0 Å². The van der Waals surface area contributed by atoms with E-state index in [1.54, 1.807) is 20.8 Å². The molecule has 0 bridgehead atoms. The Morgan fingerprint density at radius 1 is 1.30 bits per heavy atom. The molecule has 0 saturated carbocycles. The maximum atomic E-state index is 12.8. The lowest BCUT2D eigenvalue weighted by Gasteiger charge is -2.24. The summed E-state index contributed by atoms with van der Waals surface area (Å²) in [7, 11) is 0. The third-order valence-corrected chi connectivity index (χ3v) is 3.95. The van der Waals surface area contributed by atoms with E-state index in [2.05, 4.69) is 0 Å². The Bertz CT molecular complexity index is 596. The zero-order chi connectivity index (χ0) is 17.4. The monoisotopic (exact) mass is 349 g/mol. The van der Waals surface area contributed by atoms with Crippen molar-refractivity contribution in [2.75, 3.05) is 13.1 Å². The molecule has 1 unspecified atom stereocenters. The minimum absolute atomic E-state index is 0.225. The molecule has 0 N–H and O–H groups in total. The largest absolute Gasteiger partial charge is 0.444 e. The number of benzene rings is 1. The lowest BCUT2D eigenvalue weighted by atomic mass is 9.96. The lowest BCUT2D eigenvalue weighted by molar-refractivity contribution is -0.137. The highest BCUT2D eigenvalue weighted by Crippen LogP contribution is 2.37. The van der Waals surface area contributed by atoms with Gasteiger partial charge in [0.05, 0.1) is 5.56 Å². The van der Waals surface area contributed by atoms with Crippen molar-refractivity contribution in [1.29, 1.82) is 0 Å². The van der Waals surface area contributed by atoms with E-state index in [0.29, 0.717) is 25.1 Å². The second-order valence-electron chi connectivity index (χ2n) is 6.65. The molecule has 1 heterocycles. The van der Waals surface area contributed by atoms with Crippen LogP contribution in [0.4, 0.5) is 18.0 Å². The third-order valence-electron chi connectivity index (χ3n) is 3.60. The van der Waals surface area contributed by atoms with Gasteiger partial charge in [-0.2, -0.15) is 13.2 Å². The minimum Gasteiger partial charge on any atom is -0.444 e. The molecule has 3 nitrogen and oxygen atoms in total. The molecule has 1 fully saturated rings. The maximum Gasteiger partial charge on any atom is 0.416 e. The van der Waals surface area contributed by atoms with Gasteiger partial charge in [0.1, 0.15) is 5.60 Å². The van der Waals surface area contributed by atoms with E-state index in [1.165, 1.54) is 11.0 Å². The number of rotatable bonds is 1. The molecule has 1 amide bonds. The highest BCUT2D eigenvalue weighted by atomic mass is 35.5. The van der Waals surface area contributed by atoms with Crippen LogP contribution in [0.5, 0.6) is 0 Å². The highest BCUT2D eigenvalue weighted by Gasteiger charge is 2.35. The average molecular weight is 350 g/mol. The summed E-state index contributed by atoms with van der Waals surface area (Å²) in [6.45, 7) is 6.04. The van der Waals surface area contributed by atoms with Crippen LogP contribution >= 0.6 is 11.6 Å². The molecule has 23 heavy (non-hydrogen) atoms. The Hall–Kier alpha value is -1.43. The Kier molecular flexibility index (Phi) is 4.85. The number of hydrogen-bond acceptors (Lipinski definition) is 2. The second kappa shape index (κ2) is 6.23. The van der Waals surface area contributed by atoms with Crippen LogP contribution in [0.15, 0.2) is 18.2 Å². The first kappa shape index (κ1) is 17.9. The number of halogens is 4. The molecule has 2 rings (SSSR count). The molecule has 128 valence electrons. The molecule has 0 aromatic heterocycles. The number of hydrogen-bond donors (Lipinski definition) is 0. The molecule has 0 spiro atoms. The van der Waals surface area contributed by atoms with Crippen LogP contribution in [0.3, 0.4) is 0 Å². The van der Waals surface area contributed by atoms with E-state index < -0.39 is 23.4 Å². The van der Waals surface area contributed by atoms with Crippen molar-refractivity contribution >= 4 is 17.7 Å². The fraction of sp³-hybridized carbons (Fsp3) is 0.562. The zero-order valence-corrected chi connectivity index (χ0v) is 14.0. The van der Waals surface area contributed by atoms with Gasteiger partial charge in [0.25, 0.3) is 0 Å². The fourth-order valence-electron chi connectivity index (χ4n) is 2.54. The van der Waals surface area contributed by atoms with Crippen molar-refractivity contribution in [2.24, 2.45) is 0 Å². The third kappa shape index (κ3) is 4.53. The van der Waals surface area contributed by atoms with Gasteiger partial charge in [-0.25, -0.2) is 4.79 Å². The van der Waals surface area contributed by atoms with Crippen LogP contribution in [0, 0.1) is 0 Å². The minimum atomic E-state index is -4.41. The van der Waals surface area contributed by atoms with Gasteiger partial charge < -0.3 is 9.64 Å². The van der Waals surface area contributed by atoms with Crippen LogP contribution in [0.1, 0.15) is 44.2 Å². The number of amides is 1. The van der Waals surface area contributed by atoms with E-state index in [-0.39, 0.29) is 10.9 Å². The summed E-state index contributed by atoms with van der Waals surface area (Å²) in [5, 5.41) is 0.286. The number of likely N-dealkylation sites (tertiary alicyclic amines) is 1. The van der Waals surface area contributed by atoms with Crippen molar-refractivity contribution in [2.45, 2.75) is 44.9 Å². The summed E-state index contributed by atoms with van der Waals surface area (Å²) in [5.41, 5.74) is -0.914. The summed E-state index contributed by atoms with van der Waals surface area (Å²) in [6.07, 6.45) is -4.31. The van der Waals surface area contributed by atoms with Crippen LogP contribution in [0.25, 0.3) is 0 Å². The first-order valence-electron chi connectivity index (χ1n) is 7.32. The highest BCUT2D eigenvalue weighted by molar-refractivity contribution is 6.31. The second-order valence-corrected chi connectivity index (χ2v) is 7.05. The summed E-state index contributed by atoms with van der Waals surface area (Å²) in [5.74, 6) is -0.225. The van der Waals surface area contributed by atoms with E-state index in [0.717, 1.165) is 12.1 Å². The molecule has 1 atom stereocenters. The van der Waals surface area contributed by atoms with Crippen molar-refractivity contribution in [3.8, 4) is 0 Å². The van der Waals surface area contributed by atoms with Crippen molar-refractivity contribution < 1.29 is 22.7 Å². The van der Waals surface area contributed by atoms with Gasteiger partial charge in [-0.15, -0.1) is 0 Å². The summed E-state index contributed by atoms with van der Waals surface area (Å²) < 4.78 is 43.8. The quantitative estimate of drug-likeness (QED) is 0.707. The van der Waals surface area contributed by atoms with Crippen LogP contribution in [-0.4, -0.2) is 29.7 Å². The number of carbonyl (C=O) groups excluding carboxylic acids is 1. The molecule has 1 aliphatic rings. The van der Waals surface area contributed by atoms with Gasteiger partial charge in [0.2, 0.25) is 0 Å². The summed E-state index contributed by atoms with van der Waals surface area (Å²) >= 11 is 6.06. The van der Waals surface area contributed by atoms with Gasteiger partial charge in [-0.05, 0) is 51.0 Å². The zero-order valence-electron chi connectivity index (χ0n) is 13.2. The number of nitrogens with zero attached hydrogens (tertiary/aromatic N) is 1. The van der Waals surface area contributed by atoms with E-state index in [9.17, 15) is 18.0 Å². The Labute approximate surface area is 138 Å². The van der Waals surface area contributed by atoms with Gasteiger partial charge in [0.15, 0.2) is 0 Å². The van der Waals surface area contributed by atoms with Gasteiger partial charge >= 0.3 is 12.3 Å². The van der Waals surface area contributed by atoms with Crippen molar-refractivity contribution in [1.82, 2.24) is 4.90 Å². The Balaban J connectivity index is 2.14. The van der Waals surface area contributed by atoms with Gasteiger partial charge in [-0.1, -0.05) is 11.6 Å². The molecule has 1 saturated heterocycles. The predicted molar refractivity (Wildman–Crippen MR) is 81.6 cm³/mol. The van der Waals surface area contributed by atoms with E-state index >= 15 is 0 Å². The summed E-state index contributed by atoms with van der Waals surface area (Å²) in [4.78, 5) is 13.5. The van der Waals surface area contributed by atoms with Gasteiger partial charge in [-0.3, -0.25) is 0 Å². The molecular formula is C16H19ClF3NO2.